The summed E-state index contributed by atoms with van der Waals surface area (Å²) in [4.78, 5) is 50.8. The quantitative estimate of drug-likeness (QED) is 0.202. The molecule has 3 heterocycles. The standard InChI is InChI=1S/C39H48N4O6/c1-6-27-23-39(27,38(46)48-7-2)41-36(44)33-21-29(24-43(33)37(45)35(25(3)4)42-18-12-9-13-19-42)49-34-22-31(26-14-10-8-11-15-26)40-32-20-28(47-5)16-17-30(32)34/h6,8,10-11,14-17,20,22,25,27,29,33,35H,1,7,9,12-13,18-19,21,23-24H2,2-5H3,(H,41,44)/t27-,29+,33-,35-,39+/m0/s1. The number of ether oxygens (including phenoxy) is 3. The summed E-state index contributed by atoms with van der Waals surface area (Å²) in [6.45, 7) is 11.9. The lowest BCUT2D eigenvalue weighted by atomic mass is 9.97. The van der Waals surface area contributed by atoms with Crippen LogP contribution in [0, 0.1) is 11.8 Å². The van der Waals surface area contributed by atoms with Gasteiger partial charge in [0.1, 0.15) is 29.2 Å². The summed E-state index contributed by atoms with van der Waals surface area (Å²) in [7, 11) is 1.62. The van der Waals surface area contributed by atoms with Crippen LogP contribution in [0.25, 0.3) is 22.2 Å². The Balaban J connectivity index is 1.34. The predicted molar refractivity (Wildman–Crippen MR) is 188 cm³/mol. The highest BCUT2D eigenvalue weighted by molar-refractivity contribution is 5.96. The second-order valence-electron chi connectivity index (χ2n) is 13.7. The molecule has 1 N–H and O–H groups in total. The zero-order valence-electron chi connectivity index (χ0n) is 29.0. The Bertz CT molecular complexity index is 1690. The van der Waals surface area contributed by atoms with E-state index in [1.54, 1.807) is 25.0 Å². The van der Waals surface area contributed by atoms with Crippen molar-refractivity contribution in [3.63, 3.8) is 0 Å². The van der Waals surface area contributed by atoms with Gasteiger partial charge in [0, 0.05) is 35.4 Å². The zero-order valence-corrected chi connectivity index (χ0v) is 29.0. The molecular weight excluding hydrogens is 620 g/mol. The number of nitrogens with one attached hydrogen (secondary N) is 1. The number of hydrogen-bond acceptors (Lipinski definition) is 8. The van der Waals surface area contributed by atoms with Gasteiger partial charge in [-0.25, -0.2) is 9.78 Å². The topological polar surface area (TPSA) is 110 Å². The van der Waals surface area contributed by atoms with Crippen LogP contribution in [0.2, 0.25) is 0 Å². The van der Waals surface area contributed by atoms with E-state index in [4.69, 9.17) is 19.2 Å². The maximum atomic E-state index is 14.6. The first kappa shape index (κ1) is 34.4. The van der Waals surface area contributed by atoms with Gasteiger partial charge < -0.3 is 24.4 Å². The minimum absolute atomic E-state index is 0.0429. The second kappa shape index (κ2) is 14.6. The molecule has 10 heteroatoms. The molecule has 3 aliphatic rings. The molecule has 3 aromatic rings. The Morgan fingerprint density at radius 3 is 2.49 bits per heavy atom. The molecule has 260 valence electrons. The van der Waals surface area contributed by atoms with Crippen molar-refractivity contribution in [2.45, 2.75) is 76.6 Å². The van der Waals surface area contributed by atoms with E-state index >= 15 is 0 Å². The Morgan fingerprint density at radius 2 is 1.84 bits per heavy atom. The summed E-state index contributed by atoms with van der Waals surface area (Å²) in [6, 6.07) is 16.3. The molecule has 0 bridgehead atoms. The van der Waals surface area contributed by atoms with Gasteiger partial charge in [0.25, 0.3) is 0 Å². The maximum Gasteiger partial charge on any atom is 0.332 e. The lowest BCUT2D eigenvalue weighted by Gasteiger charge is -2.39. The molecule has 0 unspecified atom stereocenters. The van der Waals surface area contributed by atoms with Gasteiger partial charge >= 0.3 is 5.97 Å². The van der Waals surface area contributed by atoms with E-state index < -0.39 is 23.7 Å². The molecular formula is C39H48N4O6. The molecule has 3 fully saturated rings. The first-order valence-corrected chi connectivity index (χ1v) is 17.6. The van der Waals surface area contributed by atoms with Gasteiger partial charge in [0.15, 0.2) is 0 Å². The number of benzene rings is 2. The van der Waals surface area contributed by atoms with Gasteiger partial charge in [-0.3, -0.25) is 14.5 Å². The van der Waals surface area contributed by atoms with Crippen LogP contribution in [0.3, 0.4) is 0 Å². The fraction of sp³-hybridized carbons (Fsp3) is 0.487. The largest absolute Gasteiger partial charge is 0.497 e. The fourth-order valence-corrected chi connectivity index (χ4v) is 7.51. The van der Waals surface area contributed by atoms with Crippen molar-refractivity contribution < 1.29 is 28.6 Å². The van der Waals surface area contributed by atoms with Crippen LogP contribution in [-0.4, -0.2) is 89.6 Å². The molecule has 1 aliphatic carbocycles. The summed E-state index contributed by atoms with van der Waals surface area (Å²) >= 11 is 0. The zero-order chi connectivity index (χ0) is 34.7. The van der Waals surface area contributed by atoms with Gasteiger partial charge in [-0.2, -0.15) is 0 Å². The van der Waals surface area contributed by atoms with E-state index in [1.807, 2.05) is 54.6 Å². The summed E-state index contributed by atoms with van der Waals surface area (Å²) < 4.78 is 17.6. The highest BCUT2D eigenvalue weighted by Gasteiger charge is 2.62. The van der Waals surface area contributed by atoms with Crippen LogP contribution in [0.5, 0.6) is 11.5 Å². The van der Waals surface area contributed by atoms with Crippen molar-refractivity contribution in [2.24, 2.45) is 11.8 Å². The highest BCUT2D eigenvalue weighted by atomic mass is 16.5. The average Bonchev–Trinajstić information content (AvgIpc) is 3.67. The maximum absolute atomic E-state index is 14.6. The molecule has 2 aromatic carbocycles. The minimum Gasteiger partial charge on any atom is -0.497 e. The predicted octanol–water partition coefficient (Wildman–Crippen LogP) is 5.39. The third-order valence-electron chi connectivity index (χ3n) is 10.1. The monoisotopic (exact) mass is 668 g/mol. The number of methoxy groups -OCH3 is 1. The molecule has 0 spiro atoms. The fourth-order valence-electron chi connectivity index (χ4n) is 7.51. The number of carbonyl (C=O) groups is 3. The smallest absolute Gasteiger partial charge is 0.332 e. The summed E-state index contributed by atoms with van der Waals surface area (Å²) in [5.41, 5.74) is 1.21. The van der Waals surface area contributed by atoms with Crippen LogP contribution in [0.15, 0.2) is 67.3 Å². The van der Waals surface area contributed by atoms with E-state index in [1.165, 1.54) is 0 Å². The van der Waals surface area contributed by atoms with Crippen LogP contribution >= 0.6 is 0 Å². The average molecular weight is 669 g/mol. The van der Waals surface area contributed by atoms with Crippen LogP contribution in [0.1, 0.15) is 52.9 Å². The number of fused-ring (bicyclic) bond motifs is 1. The first-order chi connectivity index (χ1) is 23.7. The van der Waals surface area contributed by atoms with Crippen LogP contribution in [0.4, 0.5) is 0 Å². The van der Waals surface area contributed by atoms with Gasteiger partial charge in [-0.1, -0.05) is 56.7 Å². The van der Waals surface area contributed by atoms with E-state index in [0.717, 1.165) is 49.0 Å². The van der Waals surface area contributed by atoms with Gasteiger partial charge in [-0.15, -0.1) is 6.58 Å². The number of hydrogen-bond donors (Lipinski definition) is 1. The van der Waals surface area contributed by atoms with Crippen molar-refractivity contribution in [3.8, 4) is 22.8 Å². The number of aromatic nitrogens is 1. The Labute approximate surface area is 288 Å². The van der Waals surface area contributed by atoms with E-state index in [9.17, 15) is 14.4 Å². The number of carbonyl (C=O) groups excluding carboxylic acids is 3. The Hall–Kier alpha value is -4.44. The number of pyridine rings is 1. The number of likely N-dealkylation sites (tertiary alicyclic amines) is 2. The third kappa shape index (κ3) is 7.02. The second-order valence-corrected chi connectivity index (χ2v) is 13.7. The molecule has 1 aromatic heterocycles. The van der Waals surface area contributed by atoms with E-state index in [2.05, 4.69) is 30.6 Å². The van der Waals surface area contributed by atoms with Crippen molar-refractivity contribution in [2.75, 3.05) is 33.4 Å². The van der Waals surface area contributed by atoms with E-state index in [-0.39, 0.29) is 49.3 Å². The van der Waals surface area contributed by atoms with E-state index in [0.29, 0.717) is 23.4 Å². The van der Waals surface area contributed by atoms with Crippen molar-refractivity contribution in [1.29, 1.82) is 0 Å². The lowest BCUT2D eigenvalue weighted by molar-refractivity contribution is -0.150. The third-order valence-corrected chi connectivity index (χ3v) is 10.1. The number of piperidine rings is 1. The molecule has 0 radical (unpaired) electrons. The van der Waals surface area contributed by atoms with Crippen molar-refractivity contribution in [1.82, 2.24) is 20.1 Å². The number of nitrogens with zero attached hydrogens (tertiary/aromatic N) is 3. The van der Waals surface area contributed by atoms with Crippen molar-refractivity contribution in [3.05, 3.63) is 67.3 Å². The SMILES string of the molecule is C=C[C@H]1C[C@]1(NC(=O)[C@@H]1C[C@@H](Oc2cc(-c3ccccc3)nc3cc(OC)ccc23)CN1C(=O)[C@H](C(C)C)N1CCCCC1)C(=O)OCC. The van der Waals surface area contributed by atoms with Gasteiger partial charge in [0.2, 0.25) is 11.8 Å². The Kier molecular flexibility index (Phi) is 10.2. The first-order valence-electron chi connectivity index (χ1n) is 17.6. The number of esters is 1. The van der Waals surface area contributed by atoms with Gasteiger partial charge in [0.05, 0.1) is 37.5 Å². The van der Waals surface area contributed by atoms with Crippen LogP contribution < -0.4 is 14.8 Å². The summed E-state index contributed by atoms with van der Waals surface area (Å²) in [5.74, 6) is 0.154. The molecule has 6 rings (SSSR count). The van der Waals surface area contributed by atoms with Crippen LogP contribution in [-0.2, 0) is 19.1 Å². The number of rotatable bonds is 12. The molecule has 1 saturated carbocycles. The summed E-state index contributed by atoms with van der Waals surface area (Å²) in [6.07, 6.45) is 5.11. The normalized spacial score (nSPS) is 24.3. The molecule has 49 heavy (non-hydrogen) atoms. The molecule has 2 aliphatic heterocycles. The molecule has 2 amide bonds. The van der Waals surface area contributed by atoms with Gasteiger partial charge in [-0.05, 0) is 57.3 Å². The number of amides is 2. The minimum atomic E-state index is -1.17. The molecule has 2 saturated heterocycles. The van der Waals surface area contributed by atoms with Crippen molar-refractivity contribution >= 4 is 28.7 Å². The Morgan fingerprint density at radius 1 is 1.08 bits per heavy atom. The molecule has 5 atom stereocenters. The molecule has 10 nitrogen and oxygen atoms in total. The lowest BCUT2D eigenvalue weighted by Crippen LogP contribution is -2.58. The highest BCUT2D eigenvalue weighted by Crippen LogP contribution is 2.46. The summed E-state index contributed by atoms with van der Waals surface area (Å²) in [5, 5.41) is 3.81.